The van der Waals surface area contributed by atoms with E-state index >= 15 is 0 Å². The number of ether oxygens (including phenoxy) is 1. The molecular formula is C22H20N4O6S. The van der Waals surface area contributed by atoms with Gasteiger partial charge in [0.05, 0.1) is 10.6 Å². The highest BCUT2D eigenvalue weighted by Gasteiger charge is 2.24. The van der Waals surface area contributed by atoms with E-state index in [1.807, 2.05) is 35.2 Å². The summed E-state index contributed by atoms with van der Waals surface area (Å²) >= 11 is 1.14. The number of urea groups is 1. The topological polar surface area (TPSA) is 125 Å². The van der Waals surface area contributed by atoms with Crippen LogP contribution in [0, 0.1) is 10.1 Å². The number of anilines is 2. The predicted molar refractivity (Wildman–Crippen MR) is 124 cm³/mol. The Morgan fingerprint density at radius 3 is 2.30 bits per heavy atom. The van der Waals surface area contributed by atoms with E-state index in [1.54, 1.807) is 23.1 Å². The number of benzene rings is 2. The van der Waals surface area contributed by atoms with Gasteiger partial charge in [0.2, 0.25) is 5.06 Å². The summed E-state index contributed by atoms with van der Waals surface area (Å²) in [5.74, 6) is 0. The molecule has 10 nitrogen and oxygen atoms in total. The van der Waals surface area contributed by atoms with Gasteiger partial charge in [-0.05, 0) is 23.8 Å². The summed E-state index contributed by atoms with van der Waals surface area (Å²) in [7, 11) is 0. The van der Waals surface area contributed by atoms with Crippen molar-refractivity contribution in [2.75, 3.05) is 36.4 Å². The number of amides is 2. The minimum atomic E-state index is -1.45. The lowest BCUT2D eigenvalue weighted by molar-refractivity contribution is -0.384. The second-order valence-corrected chi connectivity index (χ2v) is 8.24. The zero-order chi connectivity index (χ0) is 23.4. The minimum Gasteiger partial charge on any atom is -0.449 e. The molecule has 1 saturated heterocycles. The molecule has 0 radical (unpaired) electrons. The van der Waals surface area contributed by atoms with Crippen molar-refractivity contribution in [3.05, 3.63) is 70.8 Å². The number of carboxylic acid groups (broad SMARTS) is 1. The van der Waals surface area contributed by atoms with Crippen LogP contribution in [0.15, 0.2) is 60.7 Å². The molecule has 1 aliphatic heterocycles. The molecule has 4 rings (SSSR count). The van der Waals surface area contributed by atoms with E-state index in [0.29, 0.717) is 31.9 Å². The number of piperazine rings is 1. The monoisotopic (exact) mass is 468 g/mol. The molecule has 1 aromatic heterocycles. The molecule has 0 saturated carbocycles. The van der Waals surface area contributed by atoms with Gasteiger partial charge in [-0.2, -0.15) is 0 Å². The van der Waals surface area contributed by atoms with Gasteiger partial charge in [0, 0.05) is 48.9 Å². The van der Waals surface area contributed by atoms with Crippen molar-refractivity contribution in [1.29, 1.82) is 0 Å². The molecule has 0 spiro atoms. The fourth-order valence-corrected chi connectivity index (χ4v) is 4.47. The van der Waals surface area contributed by atoms with Crippen LogP contribution in [0.4, 0.5) is 26.7 Å². The van der Waals surface area contributed by atoms with Crippen LogP contribution in [0.25, 0.3) is 10.4 Å². The fourth-order valence-electron chi connectivity index (χ4n) is 3.51. The maximum Gasteiger partial charge on any atom is 0.512 e. The smallest absolute Gasteiger partial charge is 0.449 e. The van der Waals surface area contributed by atoms with E-state index in [2.05, 4.69) is 5.32 Å². The third kappa shape index (κ3) is 5.21. The van der Waals surface area contributed by atoms with Crippen molar-refractivity contribution in [1.82, 2.24) is 4.90 Å². The molecular weight excluding hydrogens is 448 g/mol. The maximum absolute atomic E-state index is 12.8. The lowest BCUT2D eigenvalue weighted by atomic mass is 10.2. The number of nitro groups is 1. The quantitative estimate of drug-likeness (QED) is 0.315. The molecule has 1 aliphatic rings. The molecule has 0 atom stereocenters. The van der Waals surface area contributed by atoms with Gasteiger partial charge < -0.3 is 25.0 Å². The second-order valence-electron chi connectivity index (χ2n) is 7.22. The summed E-state index contributed by atoms with van der Waals surface area (Å²) in [6, 6.07) is 17.0. The van der Waals surface area contributed by atoms with Crippen molar-refractivity contribution < 1.29 is 24.4 Å². The highest BCUT2D eigenvalue weighted by molar-refractivity contribution is 7.18. The maximum atomic E-state index is 12.8. The number of hydrogen-bond donors (Lipinski definition) is 2. The van der Waals surface area contributed by atoms with Crippen LogP contribution in [0.1, 0.15) is 0 Å². The van der Waals surface area contributed by atoms with Crippen molar-refractivity contribution in [3.63, 3.8) is 0 Å². The average Bonchev–Trinajstić information content (AvgIpc) is 3.21. The van der Waals surface area contributed by atoms with Crippen LogP contribution >= 0.6 is 11.3 Å². The standard InChI is InChI=1S/C22H20N4O6S/c27-21(25-12-10-24(11-13-25)16-6-8-17(9-7-16)26(30)31)23-18-14-19(15-4-2-1-3-5-15)33-20(18)32-22(28)29/h1-9,14H,10-13H2,(H,23,27)(H,28,29). The lowest BCUT2D eigenvalue weighted by Crippen LogP contribution is -2.50. The van der Waals surface area contributed by atoms with Gasteiger partial charge in [0.1, 0.15) is 0 Å². The van der Waals surface area contributed by atoms with Crippen molar-refractivity contribution in [2.24, 2.45) is 0 Å². The molecule has 3 aromatic rings. The molecule has 0 unspecified atom stereocenters. The lowest BCUT2D eigenvalue weighted by Gasteiger charge is -2.36. The molecule has 2 heterocycles. The molecule has 2 amide bonds. The normalized spacial score (nSPS) is 13.5. The van der Waals surface area contributed by atoms with Gasteiger partial charge in [-0.3, -0.25) is 10.1 Å². The largest absolute Gasteiger partial charge is 0.512 e. The zero-order valence-corrected chi connectivity index (χ0v) is 18.2. The predicted octanol–water partition coefficient (Wildman–Crippen LogP) is 4.73. The van der Waals surface area contributed by atoms with Crippen LogP contribution < -0.4 is 15.0 Å². The van der Waals surface area contributed by atoms with Gasteiger partial charge in [-0.1, -0.05) is 41.7 Å². The van der Waals surface area contributed by atoms with Gasteiger partial charge in [0.15, 0.2) is 0 Å². The number of rotatable bonds is 5. The van der Waals surface area contributed by atoms with E-state index < -0.39 is 11.1 Å². The summed E-state index contributed by atoms with van der Waals surface area (Å²) in [5, 5.41) is 22.7. The van der Waals surface area contributed by atoms with Gasteiger partial charge >= 0.3 is 12.2 Å². The Kier molecular flexibility index (Phi) is 6.41. The van der Waals surface area contributed by atoms with E-state index in [0.717, 1.165) is 27.5 Å². The summed E-state index contributed by atoms with van der Waals surface area (Å²) in [4.78, 5) is 38.8. The molecule has 1 fully saturated rings. The SMILES string of the molecule is O=C(O)Oc1sc(-c2ccccc2)cc1NC(=O)N1CCN(c2ccc([N+](=O)[O-])cc2)CC1. The Hall–Kier alpha value is -4.12. The number of thiophene rings is 1. The van der Waals surface area contributed by atoms with Gasteiger partial charge in [-0.25, -0.2) is 9.59 Å². The summed E-state index contributed by atoms with van der Waals surface area (Å²) in [6.45, 7) is 1.99. The van der Waals surface area contributed by atoms with Crippen LogP contribution in [0.5, 0.6) is 5.06 Å². The summed E-state index contributed by atoms with van der Waals surface area (Å²) in [5.41, 5.74) is 2.06. The van der Waals surface area contributed by atoms with Crippen LogP contribution in [0.3, 0.4) is 0 Å². The highest BCUT2D eigenvalue weighted by Crippen LogP contribution is 2.41. The number of carbonyl (C=O) groups excluding carboxylic acids is 1. The molecule has 0 bridgehead atoms. The van der Waals surface area contributed by atoms with Crippen molar-refractivity contribution >= 4 is 40.6 Å². The number of hydrogen-bond acceptors (Lipinski definition) is 7. The Labute approximate surface area is 192 Å². The number of nitrogens with one attached hydrogen (secondary N) is 1. The number of non-ortho nitro benzene ring substituents is 1. The van der Waals surface area contributed by atoms with Gasteiger partial charge in [0.25, 0.3) is 5.69 Å². The molecule has 2 N–H and O–H groups in total. The first-order chi connectivity index (χ1) is 15.9. The van der Waals surface area contributed by atoms with Crippen LogP contribution in [0.2, 0.25) is 0 Å². The van der Waals surface area contributed by atoms with E-state index in [-0.39, 0.29) is 16.8 Å². The minimum absolute atomic E-state index is 0.0294. The summed E-state index contributed by atoms with van der Waals surface area (Å²) < 4.78 is 4.88. The molecule has 0 aliphatic carbocycles. The molecule has 2 aromatic carbocycles. The number of carbonyl (C=O) groups is 2. The first kappa shape index (κ1) is 22.1. The van der Waals surface area contributed by atoms with Crippen molar-refractivity contribution in [2.45, 2.75) is 0 Å². The number of nitrogens with zero attached hydrogens (tertiary/aromatic N) is 3. The van der Waals surface area contributed by atoms with E-state index in [4.69, 9.17) is 9.84 Å². The van der Waals surface area contributed by atoms with Gasteiger partial charge in [-0.15, -0.1) is 0 Å². The van der Waals surface area contributed by atoms with Crippen LogP contribution in [-0.2, 0) is 0 Å². The Morgan fingerprint density at radius 1 is 1.03 bits per heavy atom. The second kappa shape index (κ2) is 9.57. The first-order valence-corrected chi connectivity index (χ1v) is 10.9. The number of nitro benzene ring substituents is 1. The van der Waals surface area contributed by atoms with E-state index in [1.165, 1.54) is 12.1 Å². The highest BCUT2D eigenvalue weighted by atomic mass is 32.1. The molecule has 11 heteroatoms. The third-order valence-electron chi connectivity index (χ3n) is 5.17. The Morgan fingerprint density at radius 2 is 1.70 bits per heavy atom. The van der Waals surface area contributed by atoms with E-state index in [9.17, 15) is 19.7 Å². The van der Waals surface area contributed by atoms with Crippen molar-refractivity contribution in [3.8, 4) is 15.5 Å². The molecule has 170 valence electrons. The zero-order valence-electron chi connectivity index (χ0n) is 17.3. The molecule has 33 heavy (non-hydrogen) atoms. The average molecular weight is 468 g/mol. The Balaban J connectivity index is 1.42. The first-order valence-electron chi connectivity index (χ1n) is 10.1. The Bertz CT molecular complexity index is 1160. The third-order valence-corrected chi connectivity index (χ3v) is 6.23. The summed E-state index contributed by atoms with van der Waals surface area (Å²) in [6.07, 6.45) is -1.45. The fraction of sp³-hybridized carbons (Fsp3) is 0.182. The van der Waals surface area contributed by atoms with Crippen LogP contribution in [-0.4, -0.2) is 53.3 Å².